The highest BCUT2D eigenvalue weighted by molar-refractivity contribution is 7.17. The number of carbonyl (C=O) groups excluding carboxylic acids is 2. The summed E-state index contributed by atoms with van der Waals surface area (Å²) < 4.78 is 0. The lowest BCUT2D eigenvalue weighted by molar-refractivity contribution is 0.0767. The Morgan fingerprint density at radius 3 is 2.52 bits per heavy atom. The summed E-state index contributed by atoms with van der Waals surface area (Å²) in [5.41, 5.74) is 9.28. The molecule has 25 heavy (non-hydrogen) atoms. The molecule has 0 bridgehead atoms. The Balaban J connectivity index is 1.56. The number of nitrogens with two attached hydrogens (primary N) is 1. The summed E-state index contributed by atoms with van der Waals surface area (Å²) >= 11 is 1.60. The van der Waals surface area contributed by atoms with Crippen LogP contribution in [-0.2, 0) is 12.8 Å². The average molecular weight is 355 g/mol. The smallest absolute Gasteiger partial charge is 0.314 e. The van der Waals surface area contributed by atoms with Gasteiger partial charge in [0.15, 0.2) is 0 Å². The van der Waals surface area contributed by atoms with Gasteiger partial charge in [-0.1, -0.05) is 24.3 Å². The number of benzene rings is 1. The monoisotopic (exact) mass is 355 g/mol. The second kappa shape index (κ2) is 6.52. The van der Waals surface area contributed by atoms with Gasteiger partial charge in [0.1, 0.15) is 0 Å². The first-order valence-electron chi connectivity index (χ1n) is 8.68. The Bertz CT molecular complexity index is 830. The van der Waals surface area contributed by atoms with Crippen LogP contribution in [0.2, 0.25) is 0 Å². The summed E-state index contributed by atoms with van der Waals surface area (Å²) in [6, 6.07) is 10.1. The van der Waals surface area contributed by atoms with Crippen molar-refractivity contribution in [3.05, 3.63) is 46.3 Å². The zero-order chi connectivity index (χ0) is 17.4. The highest BCUT2D eigenvalue weighted by Crippen LogP contribution is 2.39. The van der Waals surface area contributed by atoms with Gasteiger partial charge < -0.3 is 15.5 Å². The van der Waals surface area contributed by atoms with Gasteiger partial charge in [0.25, 0.3) is 5.91 Å². The Morgan fingerprint density at radius 2 is 1.68 bits per heavy atom. The van der Waals surface area contributed by atoms with Gasteiger partial charge in [-0.3, -0.25) is 4.79 Å². The molecule has 4 rings (SSSR count). The van der Waals surface area contributed by atoms with Gasteiger partial charge >= 0.3 is 6.03 Å². The van der Waals surface area contributed by atoms with E-state index in [1.807, 2.05) is 4.90 Å². The molecule has 1 fully saturated rings. The van der Waals surface area contributed by atoms with Crippen LogP contribution >= 0.6 is 11.3 Å². The number of amides is 3. The number of nitrogens with zero attached hydrogens (tertiary/aromatic N) is 2. The largest absolute Gasteiger partial charge is 0.351 e. The van der Waals surface area contributed by atoms with E-state index in [1.165, 1.54) is 21.6 Å². The number of urea groups is 1. The molecule has 2 aliphatic rings. The van der Waals surface area contributed by atoms with E-state index in [0.29, 0.717) is 26.2 Å². The molecule has 6 heteroatoms. The van der Waals surface area contributed by atoms with Gasteiger partial charge in [-0.15, -0.1) is 11.3 Å². The van der Waals surface area contributed by atoms with Crippen molar-refractivity contribution in [1.82, 2.24) is 9.80 Å². The SMILES string of the molecule is NC(=O)N1CCCN(C(=O)c2cc3c(s2)-c2ccccc2CC3)CC1. The minimum Gasteiger partial charge on any atom is -0.351 e. The zero-order valence-corrected chi connectivity index (χ0v) is 14.8. The fourth-order valence-electron chi connectivity index (χ4n) is 3.67. The summed E-state index contributed by atoms with van der Waals surface area (Å²) in [6.07, 6.45) is 2.79. The van der Waals surface area contributed by atoms with Gasteiger partial charge in [-0.25, -0.2) is 4.79 Å². The molecule has 0 atom stereocenters. The molecule has 1 aromatic heterocycles. The van der Waals surface area contributed by atoms with Crippen molar-refractivity contribution in [2.75, 3.05) is 26.2 Å². The molecule has 2 heterocycles. The van der Waals surface area contributed by atoms with Gasteiger partial charge in [-0.05, 0) is 42.0 Å². The minimum absolute atomic E-state index is 0.0724. The molecule has 0 unspecified atom stereocenters. The second-order valence-electron chi connectivity index (χ2n) is 6.59. The number of hydrogen-bond donors (Lipinski definition) is 1. The second-order valence-corrected chi connectivity index (χ2v) is 7.65. The van der Waals surface area contributed by atoms with Gasteiger partial charge in [0, 0.05) is 31.1 Å². The number of thiophene rings is 1. The average Bonchev–Trinajstić information content (AvgIpc) is 2.91. The topological polar surface area (TPSA) is 66.6 Å². The van der Waals surface area contributed by atoms with Crippen LogP contribution < -0.4 is 5.73 Å². The van der Waals surface area contributed by atoms with E-state index in [9.17, 15) is 9.59 Å². The van der Waals surface area contributed by atoms with Crippen LogP contribution in [0.5, 0.6) is 0 Å². The predicted octanol–water partition coefficient (Wildman–Crippen LogP) is 2.74. The van der Waals surface area contributed by atoms with E-state index >= 15 is 0 Å². The first-order valence-corrected chi connectivity index (χ1v) is 9.50. The lowest BCUT2D eigenvalue weighted by Gasteiger charge is -2.20. The van der Waals surface area contributed by atoms with Crippen molar-refractivity contribution in [1.29, 1.82) is 0 Å². The molecule has 1 aliphatic carbocycles. The number of primary amides is 1. The van der Waals surface area contributed by atoms with Crippen molar-refractivity contribution in [3.63, 3.8) is 0 Å². The molecule has 0 spiro atoms. The number of rotatable bonds is 1. The first kappa shape index (κ1) is 16.1. The maximum Gasteiger partial charge on any atom is 0.314 e. The molecule has 5 nitrogen and oxygen atoms in total. The standard InChI is InChI=1S/C19H21N3O2S/c20-19(24)22-9-3-8-21(10-11-22)18(23)16-12-14-7-6-13-4-1-2-5-15(13)17(14)25-16/h1-2,4-5,12H,3,6-11H2,(H2,20,24). The van der Waals surface area contributed by atoms with Crippen LogP contribution in [0.15, 0.2) is 30.3 Å². The van der Waals surface area contributed by atoms with Crippen LogP contribution in [0.3, 0.4) is 0 Å². The molecule has 1 saturated heterocycles. The van der Waals surface area contributed by atoms with Crippen LogP contribution in [0.25, 0.3) is 10.4 Å². The molecular weight excluding hydrogens is 334 g/mol. The van der Waals surface area contributed by atoms with Crippen molar-refractivity contribution in [2.24, 2.45) is 5.73 Å². The Labute approximate surface area is 151 Å². The molecule has 2 N–H and O–H groups in total. The summed E-state index contributed by atoms with van der Waals surface area (Å²) in [6.45, 7) is 2.34. The number of aryl methyl sites for hydroxylation is 2. The third-order valence-corrected chi connectivity index (χ3v) is 6.24. The summed E-state index contributed by atoms with van der Waals surface area (Å²) in [4.78, 5) is 29.8. The van der Waals surface area contributed by atoms with Crippen LogP contribution in [-0.4, -0.2) is 47.9 Å². The maximum atomic E-state index is 13.0. The van der Waals surface area contributed by atoms with E-state index in [4.69, 9.17) is 5.73 Å². The van der Waals surface area contributed by atoms with Crippen molar-refractivity contribution in [3.8, 4) is 10.4 Å². The summed E-state index contributed by atoms with van der Waals surface area (Å²) in [5, 5.41) is 0. The van der Waals surface area contributed by atoms with Crippen molar-refractivity contribution < 1.29 is 9.59 Å². The molecule has 1 aromatic carbocycles. The molecule has 0 radical (unpaired) electrons. The van der Waals surface area contributed by atoms with Gasteiger partial charge in [-0.2, -0.15) is 0 Å². The van der Waals surface area contributed by atoms with E-state index in [2.05, 4.69) is 30.3 Å². The molecule has 130 valence electrons. The number of fused-ring (bicyclic) bond motifs is 3. The maximum absolute atomic E-state index is 13.0. The Kier molecular flexibility index (Phi) is 4.21. The first-order chi connectivity index (χ1) is 12.1. The van der Waals surface area contributed by atoms with E-state index in [-0.39, 0.29) is 5.91 Å². The third kappa shape index (κ3) is 3.02. The normalized spacial score (nSPS) is 16.8. The summed E-state index contributed by atoms with van der Waals surface area (Å²) in [7, 11) is 0. The highest BCUT2D eigenvalue weighted by atomic mass is 32.1. The van der Waals surface area contributed by atoms with Crippen LogP contribution in [0.4, 0.5) is 4.79 Å². The third-order valence-electron chi connectivity index (χ3n) is 5.04. The Morgan fingerprint density at radius 1 is 0.960 bits per heavy atom. The molecular formula is C19H21N3O2S. The van der Waals surface area contributed by atoms with Crippen molar-refractivity contribution >= 4 is 23.3 Å². The quantitative estimate of drug-likeness (QED) is 0.855. The molecule has 1 aliphatic heterocycles. The molecule has 3 amide bonds. The molecule has 0 saturated carbocycles. The van der Waals surface area contributed by atoms with Crippen LogP contribution in [0, 0.1) is 0 Å². The zero-order valence-electron chi connectivity index (χ0n) is 14.0. The van der Waals surface area contributed by atoms with E-state index < -0.39 is 6.03 Å². The fourth-order valence-corrected chi connectivity index (χ4v) is 4.91. The fraction of sp³-hybridized carbons (Fsp3) is 0.368. The van der Waals surface area contributed by atoms with Gasteiger partial charge in [0.2, 0.25) is 0 Å². The van der Waals surface area contributed by atoms with Gasteiger partial charge in [0.05, 0.1) is 4.88 Å². The predicted molar refractivity (Wildman–Crippen MR) is 98.8 cm³/mol. The van der Waals surface area contributed by atoms with Crippen molar-refractivity contribution in [2.45, 2.75) is 19.3 Å². The van der Waals surface area contributed by atoms with E-state index in [1.54, 1.807) is 16.2 Å². The van der Waals surface area contributed by atoms with Crippen LogP contribution in [0.1, 0.15) is 27.2 Å². The highest BCUT2D eigenvalue weighted by Gasteiger charge is 2.26. The number of hydrogen-bond acceptors (Lipinski definition) is 3. The minimum atomic E-state index is -0.405. The number of carbonyl (C=O) groups is 2. The van der Waals surface area contributed by atoms with E-state index in [0.717, 1.165) is 24.1 Å². The summed E-state index contributed by atoms with van der Waals surface area (Å²) in [5.74, 6) is 0.0724. The lowest BCUT2D eigenvalue weighted by Crippen LogP contribution is -2.39. The Hall–Kier alpha value is -2.34. The molecule has 2 aromatic rings. The lowest BCUT2D eigenvalue weighted by atomic mass is 9.91.